The van der Waals surface area contributed by atoms with Crippen LogP contribution < -0.4 is 9.84 Å². The van der Waals surface area contributed by atoms with Crippen molar-refractivity contribution >= 4 is 36.0 Å². The van der Waals surface area contributed by atoms with Crippen molar-refractivity contribution in [3.8, 4) is 5.75 Å². The molecule has 3 aromatic rings. The van der Waals surface area contributed by atoms with E-state index < -0.39 is 44.3 Å². The maximum atomic E-state index is 13.0. The van der Waals surface area contributed by atoms with Gasteiger partial charge in [0.25, 0.3) is 0 Å². The summed E-state index contributed by atoms with van der Waals surface area (Å²) in [6.07, 6.45) is 0.644. The predicted molar refractivity (Wildman–Crippen MR) is 132 cm³/mol. The first-order valence-corrected chi connectivity index (χ1v) is 14.0. The molecule has 0 spiro atoms. The number of nitrogens with zero attached hydrogens (tertiary/aromatic N) is 3. The Morgan fingerprint density at radius 2 is 1.89 bits per heavy atom. The van der Waals surface area contributed by atoms with Gasteiger partial charge in [-0.3, -0.25) is 0 Å². The Labute approximate surface area is 216 Å². The van der Waals surface area contributed by atoms with Gasteiger partial charge in [0.05, 0.1) is 12.0 Å². The van der Waals surface area contributed by atoms with Crippen LogP contribution in [0.5, 0.6) is 5.75 Å². The molecule has 3 heterocycles. The van der Waals surface area contributed by atoms with Crippen LogP contribution in [-0.2, 0) is 14.0 Å². The van der Waals surface area contributed by atoms with Crippen LogP contribution in [0, 0.1) is 5.82 Å². The lowest BCUT2D eigenvalue weighted by Gasteiger charge is -2.18. The van der Waals surface area contributed by atoms with E-state index in [9.17, 15) is 24.1 Å². The van der Waals surface area contributed by atoms with E-state index in [0.717, 1.165) is 37.8 Å². The minimum Gasteiger partial charge on any atom is -0.423 e. The number of hydrogen-bond donors (Lipinski definition) is 4. The molecule has 14 heteroatoms. The van der Waals surface area contributed by atoms with Gasteiger partial charge in [0.2, 0.25) is 5.28 Å². The number of hydrogen-bond acceptors (Lipinski definition) is 9. The minimum absolute atomic E-state index is 0.00500. The molecule has 11 nitrogen and oxygen atoms in total. The zero-order valence-corrected chi connectivity index (χ0v) is 21.3. The summed E-state index contributed by atoms with van der Waals surface area (Å²) >= 11 is 6.19. The quantitative estimate of drug-likeness (QED) is 0.228. The summed E-state index contributed by atoms with van der Waals surface area (Å²) in [5, 5.41) is 25.4. The van der Waals surface area contributed by atoms with Crippen molar-refractivity contribution in [2.75, 3.05) is 18.3 Å². The number of aromatic nitrogens is 3. The maximum absolute atomic E-state index is 13.0. The second kappa shape index (κ2) is 10.8. The van der Waals surface area contributed by atoms with Crippen molar-refractivity contribution in [1.29, 1.82) is 0 Å². The van der Waals surface area contributed by atoms with Crippen LogP contribution >= 0.6 is 19.2 Å². The molecule has 2 aromatic heterocycles. The van der Waals surface area contributed by atoms with Crippen LogP contribution in [0.2, 0.25) is 5.28 Å². The Kier molecular flexibility index (Phi) is 7.69. The predicted octanol–water partition coefficient (Wildman–Crippen LogP) is 3.44. The second-order valence-electron chi connectivity index (χ2n) is 9.16. The summed E-state index contributed by atoms with van der Waals surface area (Å²) in [5.41, 5.74) is 0.422. The van der Waals surface area contributed by atoms with E-state index in [1.807, 2.05) is 0 Å². The van der Waals surface area contributed by atoms with E-state index in [1.54, 1.807) is 16.8 Å². The molecule has 1 aromatic carbocycles. The molecule has 1 saturated heterocycles. The lowest BCUT2D eigenvalue weighted by Crippen LogP contribution is -2.34. The molecule has 1 aliphatic heterocycles. The highest BCUT2D eigenvalue weighted by Gasteiger charge is 2.44. The largest absolute Gasteiger partial charge is 0.423 e. The highest BCUT2D eigenvalue weighted by atomic mass is 35.5. The second-order valence-corrected chi connectivity index (χ2v) is 11.2. The summed E-state index contributed by atoms with van der Waals surface area (Å²) in [4.78, 5) is 18.7. The highest BCUT2D eigenvalue weighted by molar-refractivity contribution is 7.53. The van der Waals surface area contributed by atoms with E-state index in [1.165, 1.54) is 12.1 Å². The molecule has 0 bridgehead atoms. The monoisotopic (exact) mass is 556 g/mol. The van der Waals surface area contributed by atoms with Crippen LogP contribution in [0.4, 0.5) is 10.2 Å². The molecular weight excluding hydrogens is 530 g/mol. The van der Waals surface area contributed by atoms with Gasteiger partial charge in [0, 0.05) is 12.2 Å². The third-order valence-electron chi connectivity index (χ3n) is 6.45. The lowest BCUT2D eigenvalue weighted by molar-refractivity contribution is -0.0610. The van der Waals surface area contributed by atoms with Crippen molar-refractivity contribution in [2.24, 2.45) is 0 Å². The van der Waals surface area contributed by atoms with Gasteiger partial charge in [0.15, 0.2) is 12.6 Å². The van der Waals surface area contributed by atoms with Gasteiger partial charge in [-0.15, -0.1) is 0 Å². The summed E-state index contributed by atoms with van der Waals surface area (Å²) in [5.74, 6) is 0.0844. The number of aliphatic hydroxyl groups is 2. The summed E-state index contributed by atoms with van der Waals surface area (Å²) < 4.78 is 43.0. The average molecular weight is 557 g/mol. The van der Waals surface area contributed by atoms with Gasteiger partial charge in [-0.2, -0.15) is 4.98 Å². The van der Waals surface area contributed by atoms with E-state index in [2.05, 4.69) is 15.3 Å². The number of anilines is 1. The van der Waals surface area contributed by atoms with E-state index in [4.69, 9.17) is 25.6 Å². The molecule has 37 heavy (non-hydrogen) atoms. The van der Waals surface area contributed by atoms with Crippen LogP contribution in [0.25, 0.3) is 11.0 Å². The molecule has 2 fully saturated rings. The lowest BCUT2D eigenvalue weighted by atomic mass is 10.1. The van der Waals surface area contributed by atoms with Gasteiger partial charge in [-0.05, 0) is 54.8 Å². The number of rotatable bonds is 9. The zero-order chi connectivity index (χ0) is 26.2. The van der Waals surface area contributed by atoms with Gasteiger partial charge in [0.1, 0.15) is 41.3 Å². The number of aliphatic hydroxyl groups excluding tert-OH is 2. The standard InChI is InChI=1S/C23H27ClFN4O7P/c24-23-27-20(26-14-3-1-2-4-14)16-9-10-29(21(16)28-23)22-19(31)18(30)17(35-22)11-34-12-37(32,33)36-15-7-5-13(25)6-8-15/h5-10,14,17-19,22,30-31H,1-4,11-12H2,(H,32,33)(H,26,27,28)/t17-,18-,19-,22-/m1/s1. The smallest absolute Gasteiger partial charge is 0.402 e. The molecule has 5 rings (SSSR count). The van der Waals surface area contributed by atoms with Crippen molar-refractivity contribution in [3.63, 3.8) is 0 Å². The SMILES string of the molecule is O=P(O)(COC[C@H]1O[C@@H](n2ccc3c(NC4CCCC4)nc(Cl)nc32)[C@H](O)[C@@H]1O)Oc1ccc(F)cc1. The van der Waals surface area contributed by atoms with Gasteiger partial charge in [-0.1, -0.05) is 12.8 Å². The van der Waals surface area contributed by atoms with Crippen LogP contribution in [0.1, 0.15) is 31.9 Å². The first-order chi connectivity index (χ1) is 17.7. The zero-order valence-electron chi connectivity index (χ0n) is 19.6. The summed E-state index contributed by atoms with van der Waals surface area (Å²) in [6, 6.07) is 6.70. The van der Waals surface area contributed by atoms with Gasteiger partial charge < -0.3 is 39.0 Å². The topological polar surface area (TPSA) is 148 Å². The highest BCUT2D eigenvalue weighted by Crippen LogP contribution is 2.43. The number of nitrogens with one attached hydrogen (secondary N) is 1. The molecule has 4 N–H and O–H groups in total. The Balaban J connectivity index is 1.24. The van der Waals surface area contributed by atoms with Gasteiger partial charge >= 0.3 is 7.60 Å². The van der Waals surface area contributed by atoms with Crippen LogP contribution in [0.15, 0.2) is 36.5 Å². The summed E-state index contributed by atoms with van der Waals surface area (Å²) in [6.45, 7) is -0.296. The van der Waals surface area contributed by atoms with Crippen molar-refractivity contribution in [2.45, 2.75) is 56.3 Å². The number of benzene rings is 1. The Morgan fingerprint density at radius 1 is 1.16 bits per heavy atom. The molecular formula is C23H27ClFN4O7P. The van der Waals surface area contributed by atoms with E-state index in [0.29, 0.717) is 22.9 Å². The molecule has 2 aliphatic rings. The maximum Gasteiger partial charge on any atom is 0.402 e. The van der Waals surface area contributed by atoms with Crippen LogP contribution in [0.3, 0.4) is 0 Å². The number of halogens is 2. The third kappa shape index (κ3) is 5.91. The first kappa shape index (κ1) is 26.3. The Hall–Kier alpha value is -2.31. The van der Waals surface area contributed by atoms with Crippen LogP contribution in [-0.4, -0.2) is 67.0 Å². The van der Waals surface area contributed by atoms with Crippen molar-refractivity contribution in [3.05, 3.63) is 47.6 Å². The average Bonchev–Trinajstić information content (AvgIpc) is 3.57. The summed E-state index contributed by atoms with van der Waals surface area (Å²) in [7, 11) is -4.23. The van der Waals surface area contributed by atoms with E-state index >= 15 is 0 Å². The fourth-order valence-electron chi connectivity index (χ4n) is 4.65. The third-order valence-corrected chi connectivity index (χ3v) is 7.62. The number of fused-ring (bicyclic) bond motifs is 1. The normalized spacial score (nSPS) is 26.0. The molecule has 1 saturated carbocycles. The van der Waals surface area contributed by atoms with E-state index in [-0.39, 0.29) is 17.6 Å². The fourth-order valence-corrected chi connectivity index (χ4v) is 5.66. The Bertz CT molecular complexity index is 1290. The van der Waals surface area contributed by atoms with Crippen molar-refractivity contribution in [1.82, 2.24) is 14.5 Å². The molecule has 1 aliphatic carbocycles. The molecule has 1 unspecified atom stereocenters. The molecule has 0 amide bonds. The molecule has 0 radical (unpaired) electrons. The van der Waals surface area contributed by atoms with Crippen molar-refractivity contribution < 1.29 is 38.1 Å². The fraction of sp³-hybridized carbons (Fsp3) is 0.478. The molecule has 200 valence electrons. The first-order valence-electron chi connectivity index (χ1n) is 11.9. The van der Waals surface area contributed by atoms with Gasteiger partial charge in [-0.25, -0.2) is 13.9 Å². The Morgan fingerprint density at radius 3 is 2.62 bits per heavy atom. The molecule has 5 atom stereocenters. The minimum atomic E-state index is -4.23. The number of ether oxygens (including phenoxy) is 2.